The number of anilines is 2. The van der Waals surface area contributed by atoms with Crippen LogP contribution in [0.15, 0.2) is 66.9 Å². The molecule has 2 amide bonds. The molecule has 10 nitrogen and oxygen atoms in total. The third-order valence-corrected chi connectivity index (χ3v) is 7.08. The lowest BCUT2D eigenvalue weighted by Gasteiger charge is -2.17. The predicted molar refractivity (Wildman–Crippen MR) is 172 cm³/mol. The molecule has 4 rings (SSSR count). The quantitative estimate of drug-likeness (QED) is 0.153. The van der Waals surface area contributed by atoms with Gasteiger partial charge in [0, 0.05) is 42.4 Å². The highest BCUT2D eigenvalue weighted by atomic mass is 16.5. The fourth-order valence-electron chi connectivity index (χ4n) is 4.44. The number of rotatable bonds is 13. The number of hydrogen-bond acceptors (Lipinski definition) is 7. The van der Waals surface area contributed by atoms with E-state index in [0.29, 0.717) is 23.4 Å². The zero-order chi connectivity index (χ0) is 30.8. The van der Waals surface area contributed by atoms with E-state index in [1.165, 1.54) is 0 Å². The van der Waals surface area contributed by atoms with Crippen LogP contribution >= 0.6 is 0 Å². The van der Waals surface area contributed by atoms with Crippen molar-refractivity contribution in [3.05, 3.63) is 83.7 Å². The summed E-state index contributed by atoms with van der Waals surface area (Å²) < 4.78 is 7.89. The van der Waals surface area contributed by atoms with Gasteiger partial charge in [-0.05, 0) is 51.2 Å². The van der Waals surface area contributed by atoms with Crippen molar-refractivity contribution in [2.24, 2.45) is 0 Å². The van der Waals surface area contributed by atoms with Crippen molar-refractivity contribution in [1.29, 1.82) is 0 Å². The van der Waals surface area contributed by atoms with Gasteiger partial charge in [-0.2, -0.15) is 10.1 Å². The van der Waals surface area contributed by atoms with Gasteiger partial charge in [0.05, 0.1) is 11.4 Å². The molecule has 0 saturated heterocycles. The van der Waals surface area contributed by atoms with Crippen LogP contribution in [0.25, 0.3) is 5.69 Å². The molecule has 3 N–H and O–H groups in total. The molecule has 10 heteroatoms. The number of nitrogens with zero attached hydrogens (tertiary/aromatic N) is 5. The van der Waals surface area contributed by atoms with Gasteiger partial charge in [-0.15, -0.1) is 0 Å². The lowest BCUT2D eigenvalue weighted by molar-refractivity contribution is 0.251. The van der Waals surface area contributed by atoms with Crippen LogP contribution in [0.3, 0.4) is 0 Å². The van der Waals surface area contributed by atoms with E-state index in [1.807, 2.05) is 61.5 Å². The van der Waals surface area contributed by atoms with Crippen LogP contribution in [0, 0.1) is 6.92 Å². The van der Waals surface area contributed by atoms with Crippen molar-refractivity contribution in [2.75, 3.05) is 36.8 Å². The minimum Gasteiger partial charge on any atom is -0.439 e. The standard InChI is InChI=1S/C33H44N8O2/c1-7-40(8-2)21-11-19-34-31-35-20-18-30(38-31)43-27-13-10-9-12-25(27)23-36-32(42)37-29-22-28(33(4,5)6)39-41(29)26-16-14-24(3)15-17-26/h9-10,12-18,20,22H,7-8,11,19,21,23H2,1-6H3,(H,34,35,38)(H2,36,37,42). The van der Waals surface area contributed by atoms with Gasteiger partial charge >= 0.3 is 6.03 Å². The minimum absolute atomic E-state index is 0.180. The number of para-hydroxylation sites is 1. The first-order chi connectivity index (χ1) is 20.7. The first kappa shape index (κ1) is 31.5. The van der Waals surface area contributed by atoms with Crippen LogP contribution in [0.1, 0.15) is 57.9 Å². The van der Waals surface area contributed by atoms with Crippen molar-refractivity contribution in [1.82, 2.24) is 30.0 Å². The average Bonchev–Trinajstić information content (AvgIpc) is 3.42. The maximum atomic E-state index is 13.1. The molecule has 0 saturated carbocycles. The minimum atomic E-state index is -0.346. The second kappa shape index (κ2) is 14.6. The summed E-state index contributed by atoms with van der Waals surface area (Å²) in [5.74, 6) is 2.14. The third kappa shape index (κ3) is 9.02. The van der Waals surface area contributed by atoms with E-state index in [9.17, 15) is 4.79 Å². The third-order valence-electron chi connectivity index (χ3n) is 7.08. The maximum absolute atomic E-state index is 13.1. The second-order valence-corrected chi connectivity index (χ2v) is 11.5. The average molecular weight is 585 g/mol. The van der Waals surface area contributed by atoms with Crippen molar-refractivity contribution in [3.63, 3.8) is 0 Å². The molecule has 228 valence electrons. The number of aromatic nitrogens is 4. The molecule has 0 aliphatic rings. The molecule has 0 aliphatic heterocycles. The number of aryl methyl sites for hydroxylation is 1. The Labute approximate surface area is 254 Å². The predicted octanol–water partition coefficient (Wildman–Crippen LogP) is 6.53. The second-order valence-electron chi connectivity index (χ2n) is 11.5. The molecule has 0 spiro atoms. The Hall–Kier alpha value is -4.44. The van der Waals surface area contributed by atoms with Crippen LogP contribution in [-0.4, -0.2) is 56.9 Å². The Kier molecular flexibility index (Phi) is 10.7. The first-order valence-corrected chi connectivity index (χ1v) is 14.9. The molecule has 4 aromatic rings. The smallest absolute Gasteiger partial charge is 0.320 e. The van der Waals surface area contributed by atoms with E-state index in [0.717, 1.165) is 55.1 Å². The number of hydrogen-bond donors (Lipinski definition) is 3. The van der Waals surface area contributed by atoms with Gasteiger partial charge < -0.3 is 20.3 Å². The van der Waals surface area contributed by atoms with E-state index < -0.39 is 0 Å². The molecule has 2 aromatic heterocycles. The Balaban J connectivity index is 1.39. The van der Waals surface area contributed by atoms with Gasteiger partial charge in [0.25, 0.3) is 0 Å². The molecule has 0 fully saturated rings. The van der Waals surface area contributed by atoms with E-state index in [-0.39, 0.29) is 18.0 Å². The summed E-state index contributed by atoms with van der Waals surface area (Å²) in [4.78, 5) is 24.3. The van der Waals surface area contributed by atoms with Crippen molar-refractivity contribution >= 4 is 17.8 Å². The summed E-state index contributed by atoms with van der Waals surface area (Å²) in [6, 6.07) is 18.9. The van der Waals surface area contributed by atoms with Crippen molar-refractivity contribution < 1.29 is 9.53 Å². The van der Waals surface area contributed by atoms with E-state index in [2.05, 4.69) is 65.4 Å². The van der Waals surface area contributed by atoms with Crippen molar-refractivity contribution in [2.45, 2.75) is 59.9 Å². The summed E-state index contributed by atoms with van der Waals surface area (Å²) in [5, 5.41) is 14.0. The maximum Gasteiger partial charge on any atom is 0.320 e. The SMILES string of the molecule is CCN(CC)CCCNc1nccc(Oc2ccccc2CNC(=O)Nc2cc(C(C)(C)C)nn2-c2ccc(C)cc2)n1. The van der Waals surface area contributed by atoms with E-state index in [4.69, 9.17) is 9.84 Å². The fraction of sp³-hybridized carbons (Fsp3) is 0.394. The van der Waals surface area contributed by atoms with Crippen LogP contribution in [0.5, 0.6) is 11.6 Å². The summed E-state index contributed by atoms with van der Waals surface area (Å²) >= 11 is 0. The number of urea groups is 1. The Morgan fingerprint density at radius 2 is 1.77 bits per heavy atom. The van der Waals surface area contributed by atoms with E-state index >= 15 is 0 Å². The topological polar surface area (TPSA) is 109 Å². The first-order valence-electron chi connectivity index (χ1n) is 14.9. The number of nitrogens with one attached hydrogen (secondary N) is 3. The Morgan fingerprint density at radius 3 is 2.49 bits per heavy atom. The molecule has 43 heavy (non-hydrogen) atoms. The number of carbonyl (C=O) groups excluding carboxylic acids is 1. The van der Waals surface area contributed by atoms with Gasteiger partial charge in [0.1, 0.15) is 11.6 Å². The highest BCUT2D eigenvalue weighted by molar-refractivity contribution is 5.88. The zero-order valence-electron chi connectivity index (χ0n) is 26.1. The van der Waals surface area contributed by atoms with Gasteiger partial charge in [-0.1, -0.05) is 70.5 Å². The number of ether oxygens (including phenoxy) is 1. The lowest BCUT2D eigenvalue weighted by Crippen LogP contribution is -2.29. The monoisotopic (exact) mass is 584 g/mol. The molecule has 0 aliphatic carbocycles. The fourth-order valence-corrected chi connectivity index (χ4v) is 4.44. The molecule has 2 aromatic carbocycles. The molecule has 0 bridgehead atoms. The number of amides is 2. The van der Waals surface area contributed by atoms with Gasteiger partial charge in [-0.3, -0.25) is 5.32 Å². The van der Waals surface area contributed by atoms with E-state index in [1.54, 1.807) is 16.9 Å². The highest BCUT2D eigenvalue weighted by Crippen LogP contribution is 2.27. The van der Waals surface area contributed by atoms with Crippen molar-refractivity contribution in [3.8, 4) is 17.3 Å². The van der Waals surface area contributed by atoms with Gasteiger partial charge in [-0.25, -0.2) is 14.5 Å². The Morgan fingerprint density at radius 1 is 1.02 bits per heavy atom. The van der Waals surface area contributed by atoms with Crippen LogP contribution in [0.4, 0.5) is 16.6 Å². The molecule has 0 unspecified atom stereocenters. The van der Waals surface area contributed by atoms with Crippen LogP contribution in [0.2, 0.25) is 0 Å². The van der Waals surface area contributed by atoms with Crippen LogP contribution in [-0.2, 0) is 12.0 Å². The number of benzene rings is 2. The zero-order valence-corrected chi connectivity index (χ0v) is 26.1. The molecule has 0 atom stereocenters. The normalized spacial score (nSPS) is 11.4. The summed E-state index contributed by atoms with van der Waals surface area (Å²) in [7, 11) is 0. The largest absolute Gasteiger partial charge is 0.439 e. The molecule has 0 radical (unpaired) electrons. The van der Waals surface area contributed by atoms with Crippen LogP contribution < -0.4 is 20.7 Å². The molecular weight excluding hydrogens is 540 g/mol. The lowest BCUT2D eigenvalue weighted by atomic mass is 9.92. The van der Waals surface area contributed by atoms with Gasteiger partial charge in [0.2, 0.25) is 11.8 Å². The summed E-state index contributed by atoms with van der Waals surface area (Å²) in [6.07, 6.45) is 2.67. The van der Waals surface area contributed by atoms with Gasteiger partial charge in [0.15, 0.2) is 0 Å². The summed E-state index contributed by atoms with van der Waals surface area (Å²) in [6.45, 7) is 16.8. The Bertz CT molecular complexity index is 1470. The summed E-state index contributed by atoms with van der Waals surface area (Å²) in [5.41, 5.74) is 3.54. The highest BCUT2D eigenvalue weighted by Gasteiger charge is 2.21. The molecular formula is C33H44N8O2. The molecule has 2 heterocycles. The number of carbonyl (C=O) groups is 1.